The molecular weight excluding hydrogens is 505 g/mol. The second-order valence-electron chi connectivity index (χ2n) is 10.1. The molecule has 3 atom stereocenters. The van der Waals surface area contributed by atoms with E-state index in [2.05, 4.69) is 32.1 Å². The summed E-state index contributed by atoms with van der Waals surface area (Å²) in [5.41, 5.74) is 1.40. The normalized spacial score (nSPS) is 18.2. The number of carbonyl (C=O) groups excluding carboxylic acids is 2. The van der Waals surface area contributed by atoms with Gasteiger partial charge in [-0.1, -0.05) is 0 Å². The lowest BCUT2D eigenvalue weighted by molar-refractivity contribution is -0.00177. The molecule has 206 valence electrons. The van der Waals surface area contributed by atoms with Crippen LogP contribution in [0.4, 0.5) is 14.9 Å². The average molecular weight is 538 g/mol. The molecular formula is C27H32FN7O4. The highest BCUT2D eigenvalue weighted by Crippen LogP contribution is 2.29. The predicted octanol–water partition coefficient (Wildman–Crippen LogP) is 3.19. The fourth-order valence-electron chi connectivity index (χ4n) is 4.49. The molecule has 4 N–H and O–H groups in total. The number of halogens is 1. The van der Waals surface area contributed by atoms with E-state index in [-0.39, 0.29) is 24.3 Å². The number of aliphatic hydroxyl groups is 1. The minimum Gasteiger partial charge on any atom is -0.446 e. The minimum atomic E-state index is -1.66. The van der Waals surface area contributed by atoms with E-state index in [0.29, 0.717) is 34.6 Å². The van der Waals surface area contributed by atoms with E-state index in [9.17, 15) is 24.3 Å². The average Bonchev–Trinajstić information content (AvgIpc) is 3.34. The number of hydrogen-bond donors (Lipinski definition) is 4. The molecule has 0 radical (unpaired) electrons. The Bertz CT molecular complexity index is 1400. The van der Waals surface area contributed by atoms with Crippen LogP contribution in [0.25, 0.3) is 16.9 Å². The van der Waals surface area contributed by atoms with Crippen LogP contribution in [0.15, 0.2) is 36.7 Å². The van der Waals surface area contributed by atoms with E-state index >= 15 is 0 Å². The number of carbonyl (C=O) groups is 2. The van der Waals surface area contributed by atoms with Gasteiger partial charge in [0.05, 0.1) is 52.1 Å². The Morgan fingerprint density at radius 3 is 2.82 bits per heavy atom. The smallest absolute Gasteiger partial charge is 0.407 e. The molecule has 1 fully saturated rings. The van der Waals surface area contributed by atoms with Gasteiger partial charge in [-0.3, -0.25) is 9.78 Å². The molecule has 3 aromatic heterocycles. The third-order valence-electron chi connectivity index (χ3n) is 6.71. The molecule has 12 heteroatoms. The summed E-state index contributed by atoms with van der Waals surface area (Å²) in [6.45, 7) is 2.30. The van der Waals surface area contributed by atoms with Crippen molar-refractivity contribution in [1.82, 2.24) is 25.2 Å². The first-order chi connectivity index (χ1) is 18.6. The number of nitrogens with one attached hydrogen (secondary N) is 3. The third-order valence-corrected chi connectivity index (χ3v) is 6.71. The van der Waals surface area contributed by atoms with Gasteiger partial charge in [-0.05, 0) is 57.4 Å². The van der Waals surface area contributed by atoms with Crippen LogP contribution in [0, 0.1) is 11.3 Å². The Kier molecular flexibility index (Phi) is 8.30. The number of alkyl halides is 1. The SMILES string of the molecule is CNC(=O)OC1CCCC(Nc2cc(-c3ccc4cc(C#N)cnn34)ncc2C(=O)NCC(F)C(C)(C)O)C1. The number of rotatable bonds is 8. The van der Waals surface area contributed by atoms with Gasteiger partial charge < -0.3 is 25.8 Å². The van der Waals surface area contributed by atoms with E-state index in [4.69, 9.17) is 4.74 Å². The van der Waals surface area contributed by atoms with Gasteiger partial charge in [0.2, 0.25) is 0 Å². The monoisotopic (exact) mass is 537 g/mol. The molecule has 0 aromatic carbocycles. The minimum absolute atomic E-state index is 0.0964. The van der Waals surface area contributed by atoms with Crippen molar-refractivity contribution in [2.45, 2.75) is 63.4 Å². The van der Waals surface area contributed by atoms with Crippen LogP contribution in [0.5, 0.6) is 0 Å². The molecule has 3 aromatic rings. The van der Waals surface area contributed by atoms with Crippen molar-refractivity contribution in [2.75, 3.05) is 18.9 Å². The van der Waals surface area contributed by atoms with Crippen LogP contribution >= 0.6 is 0 Å². The van der Waals surface area contributed by atoms with Crippen LogP contribution in [0.2, 0.25) is 0 Å². The van der Waals surface area contributed by atoms with Crippen molar-refractivity contribution < 1.29 is 23.8 Å². The van der Waals surface area contributed by atoms with Crippen molar-refractivity contribution in [2.24, 2.45) is 0 Å². The standard InChI is InChI=1S/C27H32FN7O4/c1-27(2,38)24(28)15-32-25(36)20-14-31-22(23-8-7-18-9-16(12-29)13-33-35(18)23)11-21(20)34-17-5-4-6-19(10-17)39-26(37)30-3/h7-9,11,13-14,17,19,24,38H,4-6,10,15H2,1-3H3,(H,30,37)(H,31,34)(H,32,36). The van der Waals surface area contributed by atoms with Crippen molar-refractivity contribution in [3.05, 3.63) is 47.8 Å². The maximum atomic E-state index is 14.3. The first-order valence-electron chi connectivity index (χ1n) is 12.8. The zero-order chi connectivity index (χ0) is 28.2. The molecule has 39 heavy (non-hydrogen) atoms. The number of pyridine rings is 1. The summed E-state index contributed by atoms with van der Waals surface area (Å²) in [7, 11) is 1.51. The molecule has 0 saturated heterocycles. The van der Waals surface area contributed by atoms with Gasteiger partial charge in [0, 0.05) is 25.7 Å². The number of anilines is 1. The molecule has 2 amide bonds. The Balaban J connectivity index is 1.64. The number of ether oxygens (including phenoxy) is 1. The summed E-state index contributed by atoms with van der Waals surface area (Å²) in [5.74, 6) is -0.547. The molecule has 0 spiro atoms. The Morgan fingerprint density at radius 2 is 2.10 bits per heavy atom. The maximum Gasteiger partial charge on any atom is 0.407 e. The Hall–Kier alpha value is -4.24. The lowest BCUT2D eigenvalue weighted by atomic mass is 9.92. The third kappa shape index (κ3) is 6.61. The van der Waals surface area contributed by atoms with Crippen LogP contribution in [0.3, 0.4) is 0 Å². The molecule has 11 nitrogen and oxygen atoms in total. The van der Waals surface area contributed by atoms with Gasteiger partial charge in [0.25, 0.3) is 5.91 Å². The summed E-state index contributed by atoms with van der Waals surface area (Å²) in [6.07, 6.45) is 3.34. The van der Waals surface area contributed by atoms with E-state index in [1.165, 1.54) is 33.3 Å². The van der Waals surface area contributed by atoms with Gasteiger partial charge >= 0.3 is 6.09 Å². The van der Waals surface area contributed by atoms with Gasteiger partial charge in [-0.15, -0.1) is 0 Å². The molecule has 0 aliphatic heterocycles. The van der Waals surface area contributed by atoms with E-state index in [1.807, 2.05) is 12.1 Å². The lowest BCUT2D eigenvalue weighted by Gasteiger charge is -2.30. The first-order valence-corrected chi connectivity index (χ1v) is 12.8. The summed E-state index contributed by atoms with van der Waals surface area (Å²) in [5, 5.41) is 31.8. The van der Waals surface area contributed by atoms with Crippen LogP contribution < -0.4 is 16.0 Å². The quantitative estimate of drug-likeness (QED) is 0.342. The van der Waals surface area contributed by atoms with Gasteiger partial charge in [0.1, 0.15) is 18.3 Å². The zero-order valence-corrected chi connectivity index (χ0v) is 22.1. The van der Waals surface area contributed by atoms with Crippen molar-refractivity contribution >= 4 is 23.2 Å². The largest absolute Gasteiger partial charge is 0.446 e. The predicted molar refractivity (Wildman–Crippen MR) is 142 cm³/mol. The number of alkyl carbamates (subject to hydrolysis) is 1. The molecule has 4 rings (SSSR count). The van der Waals surface area contributed by atoms with E-state index in [0.717, 1.165) is 19.3 Å². The molecule has 3 unspecified atom stereocenters. The Labute approximate surface area is 225 Å². The number of aromatic nitrogens is 3. The Morgan fingerprint density at radius 1 is 1.31 bits per heavy atom. The highest BCUT2D eigenvalue weighted by Gasteiger charge is 2.29. The van der Waals surface area contributed by atoms with Gasteiger partial charge in [0.15, 0.2) is 0 Å². The molecule has 1 saturated carbocycles. The zero-order valence-electron chi connectivity index (χ0n) is 22.1. The number of fused-ring (bicyclic) bond motifs is 1. The highest BCUT2D eigenvalue weighted by molar-refractivity contribution is 6.00. The van der Waals surface area contributed by atoms with Crippen LogP contribution in [-0.2, 0) is 4.74 Å². The van der Waals surface area contributed by atoms with E-state index in [1.54, 1.807) is 16.6 Å². The molecule has 1 aliphatic rings. The van der Waals surface area contributed by atoms with Gasteiger partial charge in [-0.2, -0.15) is 10.4 Å². The maximum absolute atomic E-state index is 14.3. The lowest BCUT2D eigenvalue weighted by Crippen LogP contribution is -2.42. The summed E-state index contributed by atoms with van der Waals surface area (Å²) in [6, 6.07) is 9.04. The van der Waals surface area contributed by atoms with Crippen LogP contribution in [0.1, 0.15) is 55.5 Å². The summed E-state index contributed by atoms with van der Waals surface area (Å²) in [4.78, 5) is 29.3. The molecule has 3 heterocycles. The van der Waals surface area contributed by atoms with Crippen LogP contribution in [-0.4, -0.2) is 69.2 Å². The topological polar surface area (TPSA) is 154 Å². The van der Waals surface area contributed by atoms with Gasteiger partial charge in [-0.25, -0.2) is 13.7 Å². The summed E-state index contributed by atoms with van der Waals surface area (Å²) < 4.78 is 21.4. The first kappa shape index (κ1) is 27.8. The fraction of sp³-hybridized carbons (Fsp3) is 0.444. The molecule has 1 aliphatic carbocycles. The highest BCUT2D eigenvalue weighted by atomic mass is 19.1. The molecule has 0 bridgehead atoms. The number of hydrogen-bond acceptors (Lipinski definition) is 8. The van der Waals surface area contributed by atoms with Crippen molar-refractivity contribution in [3.63, 3.8) is 0 Å². The van der Waals surface area contributed by atoms with Crippen molar-refractivity contribution in [3.8, 4) is 17.5 Å². The number of nitriles is 1. The second kappa shape index (κ2) is 11.7. The second-order valence-corrected chi connectivity index (χ2v) is 10.1. The fourth-order valence-corrected chi connectivity index (χ4v) is 4.49. The number of amides is 2. The van der Waals surface area contributed by atoms with E-state index < -0.39 is 23.8 Å². The van der Waals surface area contributed by atoms with Crippen molar-refractivity contribution in [1.29, 1.82) is 5.26 Å². The summed E-state index contributed by atoms with van der Waals surface area (Å²) >= 11 is 0. The number of nitrogens with zero attached hydrogens (tertiary/aromatic N) is 4.